The largest absolute Gasteiger partial charge is 0.495 e. The Morgan fingerprint density at radius 2 is 1.67 bits per heavy atom. The van der Waals surface area contributed by atoms with E-state index in [0.29, 0.717) is 16.5 Å². The summed E-state index contributed by atoms with van der Waals surface area (Å²) in [5, 5.41) is 0. The Morgan fingerprint density at radius 3 is 2.08 bits per heavy atom. The molecule has 2 aromatic carbocycles. The number of carbonyl (C=O) groups is 1. The highest BCUT2D eigenvalue weighted by Gasteiger charge is 2.11. The minimum absolute atomic E-state index is 0.0631. The molecule has 0 saturated heterocycles. The van der Waals surface area contributed by atoms with Gasteiger partial charge in [-0.15, -0.1) is 0 Å². The van der Waals surface area contributed by atoms with Crippen molar-refractivity contribution in [1.82, 2.24) is 0 Å². The summed E-state index contributed by atoms with van der Waals surface area (Å²) < 4.78 is 51.8. The van der Waals surface area contributed by atoms with Crippen LogP contribution in [0, 0.1) is 11.6 Å². The summed E-state index contributed by atoms with van der Waals surface area (Å²) in [6.45, 7) is 0. The molecule has 0 radical (unpaired) electrons. The van der Waals surface area contributed by atoms with Gasteiger partial charge in [-0.2, -0.15) is 0 Å². The van der Waals surface area contributed by atoms with Crippen LogP contribution in [0.4, 0.5) is 13.2 Å². The number of methoxy groups -OCH3 is 2. The lowest BCUT2D eigenvalue weighted by Gasteiger charge is -2.05. The monoisotopic (exact) mass is 471 g/mol. The average molecular weight is 473 g/mol. The van der Waals surface area contributed by atoms with Crippen molar-refractivity contribution in [3.05, 3.63) is 56.5 Å². The fourth-order valence-corrected chi connectivity index (χ4v) is 2.42. The van der Waals surface area contributed by atoms with Crippen LogP contribution in [-0.2, 0) is 0 Å². The Balaban J connectivity index is 0.000000403. The van der Waals surface area contributed by atoms with E-state index in [1.807, 2.05) is 0 Å². The first kappa shape index (κ1) is 20.5. The molecule has 0 aliphatic rings. The molecule has 0 saturated carbocycles. The molecule has 0 unspecified atom stereocenters. The van der Waals surface area contributed by atoms with Gasteiger partial charge in [0.1, 0.15) is 23.1 Å². The quantitative estimate of drug-likeness (QED) is 0.546. The average Bonchev–Trinajstić information content (AvgIpc) is 2.60. The minimum Gasteiger partial charge on any atom is -0.495 e. The maximum Gasteiger partial charge on any atom is 0.156 e. The van der Waals surface area contributed by atoms with Crippen LogP contribution in [0.3, 0.4) is 0 Å². The molecule has 24 heavy (non-hydrogen) atoms. The zero-order chi connectivity index (χ0) is 19.4. The van der Waals surface area contributed by atoms with Crippen LogP contribution in [0.25, 0.3) is 0 Å². The predicted molar refractivity (Wildman–Crippen MR) is 93.7 cm³/mol. The SMILES string of the molecule is COc1c(Br)ccc(F)c1C=O.COc1cc(F)ccc1Br.[2H]CF. The van der Waals surface area contributed by atoms with Gasteiger partial charge < -0.3 is 9.47 Å². The Labute approximate surface area is 156 Å². The number of ether oxygens (including phenoxy) is 2. The van der Waals surface area contributed by atoms with Crippen LogP contribution in [0.15, 0.2) is 39.3 Å². The molecule has 0 aliphatic heterocycles. The summed E-state index contributed by atoms with van der Waals surface area (Å²) in [5.41, 5.74) is -0.0631. The Kier molecular flexibility index (Phi) is 10.2. The highest BCUT2D eigenvalue weighted by atomic mass is 79.9. The topological polar surface area (TPSA) is 35.5 Å². The first-order valence-corrected chi connectivity index (χ1v) is 7.76. The summed E-state index contributed by atoms with van der Waals surface area (Å²) >= 11 is 6.33. The Bertz CT molecular complexity index is 688. The van der Waals surface area contributed by atoms with Crippen molar-refractivity contribution in [3.8, 4) is 11.5 Å². The third-order valence-electron chi connectivity index (χ3n) is 2.53. The molecular formula is C16H15Br2F3O3. The molecular weight excluding hydrogens is 457 g/mol. The second-order valence-corrected chi connectivity index (χ2v) is 5.58. The predicted octanol–water partition coefficient (Wildman–Crippen LogP) is 5.59. The van der Waals surface area contributed by atoms with E-state index in [4.69, 9.17) is 10.8 Å². The highest BCUT2D eigenvalue weighted by Crippen LogP contribution is 2.29. The molecule has 3 nitrogen and oxygen atoms in total. The van der Waals surface area contributed by atoms with Crippen LogP contribution in [0.2, 0.25) is 0 Å². The fraction of sp³-hybridized carbons (Fsp3) is 0.188. The van der Waals surface area contributed by atoms with Gasteiger partial charge in [-0.1, -0.05) is 0 Å². The van der Waals surface area contributed by atoms with E-state index in [1.54, 1.807) is 6.07 Å². The van der Waals surface area contributed by atoms with E-state index in [2.05, 4.69) is 31.9 Å². The van der Waals surface area contributed by atoms with Crippen LogP contribution in [0.1, 0.15) is 11.7 Å². The van der Waals surface area contributed by atoms with E-state index in [-0.39, 0.29) is 17.1 Å². The van der Waals surface area contributed by atoms with Crippen molar-refractivity contribution in [2.24, 2.45) is 0 Å². The summed E-state index contributed by atoms with van der Waals surface area (Å²) in [6, 6.07) is 6.99. The molecule has 0 fully saturated rings. The van der Waals surface area contributed by atoms with Crippen LogP contribution in [-0.4, -0.2) is 27.7 Å². The number of aldehydes is 1. The van der Waals surface area contributed by atoms with Gasteiger partial charge in [-0.3, -0.25) is 9.18 Å². The second kappa shape index (κ2) is 11.9. The smallest absolute Gasteiger partial charge is 0.156 e. The summed E-state index contributed by atoms with van der Waals surface area (Å²) in [7, 11) is 1.88. The molecule has 2 aromatic rings. The first-order valence-electron chi connectivity index (χ1n) is 6.88. The lowest BCUT2D eigenvalue weighted by Crippen LogP contribution is -1.95. The van der Waals surface area contributed by atoms with Crippen molar-refractivity contribution < 1.29 is 28.8 Å². The van der Waals surface area contributed by atoms with E-state index >= 15 is 0 Å². The number of alkyl halides is 1. The number of hydrogen-bond acceptors (Lipinski definition) is 3. The van der Waals surface area contributed by atoms with Crippen molar-refractivity contribution in [1.29, 1.82) is 0 Å². The van der Waals surface area contributed by atoms with Crippen molar-refractivity contribution in [2.75, 3.05) is 21.4 Å². The minimum atomic E-state index is -1.00. The Morgan fingerprint density at radius 1 is 1.08 bits per heavy atom. The maximum absolute atomic E-state index is 12.9. The van der Waals surface area contributed by atoms with Crippen LogP contribution >= 0.6 is 31.9 Å². The molecule has 0 aromatic heterocycles. The maximum atomic E-state index is 12.9. The van der Waals surface area contributed by atoms with Gasteiger partial charge in [-0.05, 0) is 56.1 Å². The lowest BCUT2D eigenvalue weighted by molar-refractivity contribution is 0.111. The second-order valence-electron chi connectivity index (χ2n) is 3.87. The van der Waals surface area contributed by atoms with Gasteiger partial charge >= 0.3 is 0 Å². The van der Waals surface area contributed by atoms with Crippen LogP contribution < -0.4 is 9.47 Å². The van der Waals surface area contributed by atoms with E-state index in [0.717, 1.165) is 4.47 Å². The van der Waals surface area contributed by atoms with Crippen molar-refractivity contribution in [2.45, 2.75) is 0 Å². The summed E-state index contributed by atoms with van der Waals surface area (Å²) in [6.07, 6.45) is 0.429. The number of hydrogen-bond donors (Lipinski definition) is 0. The van der Waals surface area contributed by atoms with E-state index in [9.17, 15) is 18.0 Å². The zero-order valence-corrected chi connectivity index (χ0v) is 16.0. The molecule has 8 heteroatoms. The number of rotatable bonds is 3. The molecule has 132 valence electrons. The number of carbonyl (C=O) groups excluding carboxylic acids is 1. The molecule has 0 amide bonds. The van der Waals surface area contributed by atoms with E-state index in [1.165, 1.54) is 38.5 Å². The molecule has 0 aliphatic carbocycles. The van der Waals surface area contributed by atoms with Crippen molar-refractivity contribution in [3.63, 3.8) is 0 Å². The highest BCUT2D eigenvalue weighted by molar-refractivity contribution is 9.10. The van der Waals surface area contributed by atoms with Gasteiger partial charge in [0.05, 0.1) is 37.3 Å². The van der Waals surface area contributed by atoms with Crippen LogP contribution in [0.5, 0.6) is 11.5 Å². The molecule has 2 rings (SSSR count). The van der Waals surface area contributed by atoms with Gasteiger partial charge in [0.25, 0.3) is 0 Å². The van der Waals surface area contributed by atoms with Crippen molar-refractivity contribution >= 4 is 38.1 Å². The molecule has 0 bridgehead atoms. The van der Waals surface area contributed by atoms with Gasteiger partial charge in [-0.25, -0.2) is 8.78 Å². The standard InChI is InChI=1S/C8H6BrFO2.C7H6BrFO.CH3F/c1-12-8-5(4-11)7(10)3-2-6(8)9;1-10-7-4-5(9)2-3-6(7)8;1-2/h2-4H,1H3;2-4H,1H3;1H3/i;;1D. The lowest BCUT2D eigenvalue weighted by atomic mass is 10.2. The Hall–Kier alpha value is -1.54. The molecule has 0 heterocycles. The number of halogens is 5. The van der Waals surface area contributed by atoms with Gasteiger partial charge in [0, 0.05) is 6.07 Å². The summed E-state index contributed by atoms with van der Waals surface area (Å²) in [5.74, 6) is -0.130. The van der Waals surface area contributed by atoms with Gasteiger partial charge in [0.2, 0.25) is 0 Å². The molecule has 0 spiro atoms. The number of benzene rings is 2. The molecule has 0 atom stereocenters. The zero-order valence-electron chi connectivity index (χ0n) is 13.8. The van der Waals surface area contributed by atoms with Gasteiger partial charge in [0.15, 0.2) is 6.29 Å². The summed E-state index contributed by atoms with van der Waals surface area (Å²) in [4.78, 5) is 10.4. The first-order chi connectivity index (χ1) is 11.9. The third kappa shape index (κ3) is 6.52. The normalized spacial score (nSPS) is 9.54. The fourth-order valence-electron chi connectivity index (χ4n) is 1.50. The molecule has 0 N–H and O–H groups in total. The third-order valence-corrected chi connectivity index (χ3v) is 3.81. The van der Waals surface area contributed by atoms with E-state index < -0.39 is 13.0 Å².